The standard InChI is InChI=1S/C13H13Cl2F3N2O2/c14-8-1-2-10(9(15)7-8)19-12(21)20-4-3-11(13(16,17)18)22-6-5-20/h1-2,7,11H,3-6H2,(H,19,21). The van der Waals surface area contributed by atoms with E-state index in [0.29, 0.717) is 10.7 Å². The Kier molecular flexibility index (Phi) is 5.41. The maximum Gasteiger partial charge on any atom is 0.414 e. The number of carbonyl (C=O) groups excluding carboxylic acids is 1. The number of nitrogens with zero attached hydrogens (tertiary/aromatic N) is 1. The van der Waals surface area contributed by atoms with Gasteiger partial charge in [0.2, 0.25) is 0 Å². The second-order valence-corrected chi connectivity index (χ2v) is 5.57. The van der Waals surface area contributed by atoms with Gasteiger partial charge in [0.25, 0.3) is 0 Å². The zero-order valence-electron chi connectivity index (χ0n) is 11.3. The Labute approximate surface area is 135 Å². The molecule has 1 fully saturated rings. The molecule has 1 heterocycles. The number of benzene rings is 1. The van der Waals surface area contributed by atoms with Gasteiger partial charge in [0.05, 0.1) is 17.3 Å². The molecule has 2 amide bonds. The van der Waals surface area contributed by atoms with E-state index in [-0.39, 0.29) is 31.1 Å². The van der Waals surface area contributed by atoms with Crippen molar-refractivity contribution in [3.05, 3.63) is 28.2 Å². The van der Waals surface area contributed by atoms with Crippen LogP contribution in [-0.2, 0) is 4.74 Å². The Bertz CT molecular complexity index is 555. The zero-order chi connectivity index (χ0) is 16.3. The lowest BCUT2D eigenvalue weighted by molar-refractivity contribution is -0.218. The van der Waals surface area contributed by atoms with Crippen LogP contribution in [0.3, 0.4) is 0 Å². The Morgan fingerprint density at radius 1 is 1.32 bits per heavy atom. The smallest absolute Gasteiger partial charge is 0.367 e. The normalized spacial score (nSPS) is 19.7. The molecule has 1 atom stereocenters. The van der Waals surface area contributed by atoms with Crippen molar-refractivity contribution in [3.63, 3.8) is 0 Å². The molecule has 0 saturated carbocycles. The predicted octanol–water partition coefficient (Wildman–Crippen LogP) is 4.18. The van der Waals surface area contributed by atoms with Gasteiger partial charge in [-0.25, -0.2) is 4.79 Å². The molecular formula is C13H13Cl2F3N2O2. The van der Waals surface area contributed by atoms with E-state index in [4.69, 9.17) is 27.9 Å². The first-order valence-corrected chi connectivity index (χ1v) is 7.22. The number of hydrogen-bond acceptors (Lipinski definition) is 2. The van der Waals surface area contributed by atoms with Crippen molar-refractivity contribution in [2.75, 3.05) is 25.0 Å². The predicted molar refractivity (Wildman–Crippen MR) is 77.5 cm³/mol. The second kappa shape index (κ2) is 6.93. The van der Waals surface area contributed by atoms with Crippen molar-refractivity contribution >= 4 is 34.9 Å². The van der Waals surface area contributed by atoms with Gasteiger partial charge in [-0.15, -0.1) is 0 Å². The van der Waals surface area contributed by atoms with Gasteiger partial charge in [0.15, 0.2) is 6.10 Å². The van der Waals surface area contributed by atoms with Gasteiger partial charge in [0, 0.05) is 24.5 Å². The lowest BCUT2D eigenvalue weighted by Gasteiger charge is -2.21. The summed E-state index contributed by atoms with van der Waals surface area (Å²) < 4.78 is 42.6. The van der Waals surface area contributed by atoms with Gasteiger partial charge < -0.3 is 15.0 Å². The quantitative estimate of drug-likeness (QED) is 0.819. The Hall–Kier alpha value is -1.18. The van der Waals surface area contributed by atoms with Crippen LogP contribution in [0.4, 0.5) is 23.7 Å². The number of anilines is 1. The largest absolute Gasteiger partial charge is 0.414 e. The van der Waals surface area contributed by atoms with Crippen LogP contribution in [0.25, 0.3) is 0 Å². The maximum absolute atomic E-state index is 12.6. The molecule has 0 aromatic heterocycles. The number of alkyl halides is 3. The number of amides is 2. The van der Waals surface area contributed by atoms with Crippen LogP contribution in [0.5, 0.6) is 0 Å². The average molecular weight is 357 g/mol. The van der Waals surface area contributed by atoms with E-state index in [1.807, 2.05) is 0 Å². The molecule has 1 N–H and O–H groups in total. The summed E-state index contributed by atoms with van der Waals surface area (Å²) in [5, 5.41) is 3.21. The second-order valence-electron chi connectivity index (χ2n) is 4.73. The first kappa shape index (κ1) is 17.2. The fourth-order valence-electron chi connectivity index (χ4n) is 2.02. The van der Waals surface area contributed by atoms with Crippen LogP contribution in [0.15, 0.2) is 18.2 Å². The highest BCUT2D eigenvalue weighted by molar-refractivity contribution is 6.36. The van der Waals surface area contributed by atoms with E-state index in [1.165, 1.54) is 17.0 Å². The topological polar surface area (TPSA) is 41.6 Å². The highest BCUT2D eigenvalue weighted by Gasteiger charge is 2.41. The molecule has 1 aromatic carbocycles. The van der Waals surface area contributed by atoms with Crippen LogP contribution >= 0.6 is 23.2 Å². The van der Waals surface area contributed by atoms with E-state index in [1.54, 1.807) is 6.07 Å². The van der Waals surface area contributed by atoms with Crippen LogP contribution < -0.4 is 5.32 Å². The summed E-state index contributed by atoms with van der Waals surface area (Å²) in [6.07, 6.45) is -6.57. The monoisotopic (exact) mass is 356 g/mol. The van der Waals surface area contributed by atoms with Crippen LogP contribution in [0, 0.1) is 0 Å². The molecule has 1 aliphatic rings. The highest BCUT2D eigenvalue weighted by Crippen LogP contribution is 2.28. The summed E-state index contributed by atoms with van der Waals surface area (Å²) in [7, 11) is 0. The first-order chi connectivity index (χ1) is 10.3. The first-order valence-electron chi connectivity index (χ1n) is 6.46. The molecule has 1 saturated heterocycles. The molecule has 2 rings (SSSR count). The number of hydrogen-bond donors (Lipinski definition) is 1. The van der Waals surface area contributed by atoms with Crippen LogP contribution in [0.2, 0.25) is 10.0 Å². The number of nitrogens with one attached hydrogen (secondary N) is 1. The third-order valence-corrected chi connectivity index (χ3v) is 3.71. The van der Waals surface area contributed by atoms with Crippen molar-refractivity contribution in [1.29, 1.82) is 0 Å². The van der Waals surface area contributed by atoms with Crippen molar-refractivity contribution in [1.82, 2.24) is 4.90 Å². The lowest BCUT2D eigenvalue weighted by Crippen LogP contribution is -2.37. The molecule has 0 aliphatic carbocycles. The Morgan fingerprint density at radius 3 is 2.68 bits per heavy atom. The summed E-state index contributed by atoms with van der Waals surface area (Å²) in [5.74, 6) is 0. The number of ether oxygens (including phenoxy) is 1. The van der Waals surface area contributed by atoms with E-state index >= 15 is 0 Å². The summed E-state index contributed by atoms with van der Waals surface area (Å²) in [6, 6.07) is 4.00. The van der Waals surface area contributed by atoms with E-state index < -0.39 is 18.3 Å². The molecule has 1 unspecified atom stereocenters. The molecular weight excluding hydrogens is 344 g/mol. The minimum atomic E-state index is -4.42. The molecule has 1 aromatic rings. The molecule has 0 radical (unpaired) electrons. The van der Waals surface area contributed by atoms with Gasteiger partial charge in [0.1, 0.15) is 0 Å². The Balaban J connectivity index is 1.98. The van der Waals surface area contributed by atoms with Gasteiger partial charge >= 0.3 is 12.2 Å². The maximum atomic E-state index is 12.6. The molecule has 1 aliphatic heterocycles. The average Bonchev–Trinajstić information content (AvgIpc) is 2.67. The minimum absolute atomic E-state index is 0.0543. The van der Waals surface area contributed by atoms with Crippen molar-refractivity contribution in [2.24, 2.45) is 0 Å². The molecule has 9 heteroatoms. The molecule has 0 spiro atoms. The summed E-state index contributed by atoms with van der Waals surface area (Å²) in [4.78, 5) is 13.4. The Morgan fingerprint density at radius 2 is 2.05 bits per heavy atom. The van der Waals surface area contributed by atoms with Crippen LogP contribution in [0.1, 0.15) is 6.42 Å². The third kappa shape index (κ3) is 4.41. The van der Waals surface area contributed by atoms with E-state index in [2.05, 4.69) is 5.32 Å². The number of carbonyl (C=O) groups is 1. The highest BCUT2D eigenvalue weighted by atomic mass is 35.5. The van der Waals surface area contributed by atoms with Crippen molar-refractivity contribution < 1.29 is 22.7 Å². The molecule has 22 heavy (non-hydrogen) atoms. The lowest BCUT2D eigenvalue weighted by atomic mass is 10.2. The van der Waals surface area contributed by atoms with Gasteiger partial charge in [-0.2, -0.15) is 13.2 Å². The fraction of sp³-hybridized carbons (Fsp3) is 0.462. The van der Waals surface area contributed by atoms with Gasteiger partial charge in [-0.3, -0.25) is 0 Å². The van der Waals surface area contributed by atoms with Gasteiger partial charge in [-0.1, -0.05) is 23.2 Å². The van der Waals surface area contributed by atoms with Crippen molar-refractivity contribution in [2.45, 2.75) is 18.7 Å². The van der Waals surface area contributed by atoms with E-state index in [9.17, 15) is 18.0 Å². The molecule has 122 valence electrons. The van der Waals surface area contributed by atoms with Crippen LogP contribution in [-0.4, -0.2) is 42.9 Å². The summed E-state index contributed by atoms with van der Waals surface area (Å²) >= 11 is 11.7. The number of urea groups is 1. The number of halogens is 5. The third-order valence-electron chi connectivity index (χ3n) is 3.17. The van der Waals surface area contributed by atoms with E-state index in [0.717, 1.165) is 0 Å². The van der Waals surface area contributed by atoms with Gasteiger partial charge in [-0.05, 0) is 18.2 Å². The SMILES string of the molecule is O=C(Nc1ccc(Cl)cc1Cl)N1CCOC(C(F)(F)F)CC1. The number of rotatable bonds is 1. The summed E-state index contributed by atoms with van der Waals surface area (Å²) in [5.41, 5.74) is 0.341. The summed E-state index contributed by atoms with van der Waals surface area (Å²) in [6.45, 7) is -0.156. The van der Waals surface area contributed by atoms with Crippen molar-refractivity contribution in [3.8, 4) is 0 Å². The zero-order valence-corrected chi connectivity index (χ0v) is 12.8. The molecule has 0 bridgehead atoms. The fourth-order valence-corrected chi connectivity index (χ4v) is 2.48. The minimum Gasteiger partial charge on any atom is -0.367 e. The molecule has 4 nitrogen and oxygen atoms in total.